The summed E-state index contributed by atoms with van der Waals surface area (Å²) >= 11 is 0. The number of amides is 1. The highest BCUT2D eigenvalue weighted by molar-refractivity contribution is 5.83. The third kappa shape index (κ3) is 2.31. The Balaban J connectivity index is 1.24. The molecule has 1 heterocycles. The fourth-order valence-corrected chi connectivity index (χ4v) is 6.31. The second kappa shape index (κ2) is 4.96. The molecule has 0 radical (unpaired) electrons. The van der Waals surface area contributed by atoms with E-state index in [2.05, 4.69) is 4.90 Å². The summed E-state index contributed by atoms with van der Waals surface area (Å²) in [7, 11) is 0. The largest absolute Gasteiger partial charge is 0.376 e. The number of carbonyl (C=O) groups is 1. The van der Waals surface area contributed by atoms with E-state index in [9.17, 15) is 4.79 Å². The van der Waals surface area contributed by atoms with E-state index in [-0.39, 0.29) is 5.41 Å². The summed E-state index contributed by atoms with van der Waals surface area (Å²) < 4.78 is 6.03. The van der Waals surface area contributed by atoms with Crippen LogP contribution in [0.25, 0.3) is 0 Å². The van der Waals surface area contributed by atoms with E-state index in [1.54, 1.807) is 0 Å². The van der Waals surface area contributed by atoms with Gasteiger partial charge in [-0.1, -0.05) is 0 Å². The van der Waals surface area contributed by atoms with Crippen LogP contribution < -0.4 is 0 Å². The Morgan fingerprint density at radius 1 is 1.00 bits per heavy atom. The van der Waals surface area contributed by atoms with Crippen LogP contribution in [0.5, 0.6) is 0 Å². The van der Waals surface area contributed by atoms with E-state index in [1.165, 1.54) is 51.4 Å². The Morgan fingerprint density at radius 3 is 2.23 bits per heavy atom. The highest BCUT2D eigenvalue weighted by Gasteiger charge is 2.56. The molecule has 5 aliphatic carbocycles. The summed E-state index contributed by atoms with van der Waals surface area (Å²) in [6, 6.07) is 0. The van der Waals surface area contributed by atoms with Gasteiger partial charge in [0.15, 0.2) is 0 Å². The van der Waals surface area contributed by atoms with Gasteiger partial charge in [-0.15, -0.1) is 0 Å². The van der Waals surface area contributed by atoms with Crippen molar-refractivity contribution in [1.82, 2.24) is 4.90 Å². The lowest BCUT2D eigenvalue weighted by Crippen LogP contribution is -2.54. The second-order valence-corrected chi connectivity index (χ2v) is 9.14. The van der Waals surface area contributed by atoms with Gasteiger partial charge < -0.3 is 9.64 Å². The summed E-state index contributed by atoms with van der Waals surface area (Å²) in [5.74, 6) is 3.91. The van der Waals surface area contributed by atoms with Crippen LogP contribution in [0.4, 0.5) is 0 Å². The van der Waals surface area contributed by atoms with Gasteiger partial charge in [0.25, 0.3) is 0 Å². The molecule has 3 nitrogen and oxygen atoms in total. The molecular weight excluding hydrogens is 274 g/mol. The van der Waals surface area contributed by atoms with Crippen molar-refractivity contribution >= 4 is 5.91 Å². The number of hydrogen-bond acceptors (Lipinski definition) is 2. The quantitative estimate of drug-likeness (QED) is 0.798. The van der Waals surface area contributed by atoms with Crippen molar-refractivity contribution in [1.29, 1.82) is 0 Å². The van der Waals surface area contributed by atoms with E-state index in [0.29, 0.717) is 12.0 Å². The number of ether oxygens (including phenoxy) is 1. The highest BCUT2D eigenvalue weighted by atomic mass is 16.5. The third-order valence-electron chi connectivity index (χ3n) is 7.19. The average molecular weight is 303 g/mol. The minimum atomic E-state index is 0.0418. The van der Waals surface area contributed by atoms with Crippen LogP contribution in [0.3, 0.4) is 0 Å². The number of carbonyl (C=O) groups excluding carboxylic acids is 1. The molecule has 1 aliphatic heterocycles. The van der Waals surface area contributed by atoms with Crippen molar-refractivity contribution in [2.45, 2.75) is 63.9 Å². The minimum Gasteiger partial charge on any atom is -0.376 e. The molecule has 1 saturated heterocycles. The summed E-state index contributed by atoms with van der Waals surface area (Å²) in [6.45, 7) is 2.74. The second-order valence-electron chi connectivity index (χ2n) is 9.14. The molecular formula is C19H29NO2. The van der Waals surface area contributed by atoms with Crippen molar-refractivity contribution in [2.24, 2.45) is 29.1 Å². The van der Waals surface area contributed by atoms with Crippen molar-refractivity contribution in [3.8, 4) is 0 Å². The summed E-state index contributed by atoms with van der Waals surface area (Å²) in [4.78, 5) is 15.4. The lowest BCUT2D eigenvalue weighted by Gasteiger charge is -2.56. The van der Waals surface area contributed by atoms with E-state index >= 15 is 0 Å². The van der Waals surface area contributed by atoms with E-state index in [4.69, 9.17) is 4.74 Å². The fourth-order valence-electron chi connectivity index (χ4n) is 6.31. The Kier molecular flexibility index (Phi) is 3.12. The molecule has 4 bridgehead atoms. The van der Waals surface area contributed by atoms with Crippen LogP contribution in [0.1, 0.15) is 57.8 Å². The molecule has 0 aromatic rings. The van der Waals surface area contributed by atoms with Crippen molar-refractivity contribution < 1.29 is 9.53 Å². The Labute approximate surface area is 133 Å². The maximum absolute atomic E-state index is 13.3. The zero-order valence-corrected chi connectivity index (χ0v) is 13.6. The van der Waals surface area contributed by atoms with E-state index in [1.807, 2.05) is 0 Å². The van der Waals surface area contributed by atoms with Crippen molar-refractivity contribution in [3.63, 3.8) is 0 Å². The molecule has 6 fully saturated rings. The molecule has 5 saturated carbocycles. The van der Waals surface area contributed by atoms with Gasteiger partial charge in [-0.25, -0.2) is 0 Å². The Hall–Kier alpha value is -0.570. The monoisotopic (exact) mass is 303 g/mol. The van der Waals surface area contributed by atoms with Gasteiger partial charge in [-0.3, -0.25) is 4.79 Å². The number of nitrogens with zero attached hydrogens (tertiary/aromatic N) is 1. The molecule has 1 atom stereocenters. The number of likely N-dealkylation sites (tertiary alicyclic amines) is 1. The molecule has 6 aliphatic rings. The van der Waals surface area contributed by atoms with Gasteiger partial charge in [0.2, 0.25) is 5.91 Å². The molecule has 0 aromatic heterocycles. The topological polar surface area (TPSA) is 29.5 Å². The third-order valence-corrected chi connectivity index (χ3v) is 7.19. The van der Waals surface area contributed by atoms with E-state index in [0.717, 1.165) is 49.8 Å². The minimum absolute atomic E-state index is 0.0418. The van der Waals surface area contributed by atoms with Crippen molar-refractivity contribution in [3.05, 3.63) is 0 Å². The number of hydrogen-bond donors (Lipinski definition) is 0. The fraction of sp³-hybridized carbons (Fsp3) is 0.947. The lowest BCUT2D eigenvalue weighted by atomic mass is 9.49. The zero-order chi connectivity index (χ0) is 14.7. The normalized spacial score (nSPS) is 46.5. The van der Waals surface area contributed by atoms with Gasteiger partial charge >= 0.3 is 0 Å². The van der Waals surface area contributed by atoms with Gasteiger partial charge in [0, 0.05) is 19.7 Å². The first kappa shape index (κ1) is 13.8. The molecule has 0 spiro atoms. The predicted octanol–water partition coefficient (Wildman–Crippen LogP) is 3.23. The first-order chi connectivity index (χ1) is 10.7. The SMILES string of the molecule is O=C(N1CCC(OCC2CC2)C1)C12CC3CC(CC(C3)C1)C2. The van der Waals surface area contributed by atoms with Crippen LogP contribution in [0, 0.1) is 29.1 Å². The molecule has 0 aromatic carbocycles. The van der Waals surface area contributed by atoms with Crippen LogP contribution >= 0.6 is 0 Å². The van der Waals surface area contributed by atoms with Crippen molar-refractivity contribution in [2.75, 3.05) is 19.7 Å². The van der Waals surface area contributed by atoms with E-state index < -0.39 is 0 Å². The smallest absolute Gasteiger partial charge is 0.228 e. The van der Waals surface area contributed by atoms with Gasteiger partial charge in [0.1, 0.15) is 0 Å². The summed E-state index contributed by atoms with van der Waals surface area (Å²) in [5, 5.41) is 0. The molecule has 1 amide bonds. The Bertz CT molecular complexity index is 435. The van der Waals surface area contributed by atoms with Crippen LogP contribution in [-0.2, 0) is 9.53 Å². The molecule has 1 unspecified atom stereocenters. The Morgan fingerprint density at radius 2 is 1.64 bits per heavy atom. The first-order valence-electron chi connectivity index (χ1n) is 9.61. The summed E-state index contributed by atoms with van der Waals surface area (Å²) in [6.07, 6.45) is 11.9. The molecule has 0 N–H and O–H groups in total. The zero-order valence-electron chi connectivity index (χ0n) is 13.6. The van der Waals surface area contributed by atoms with Gasteiger partial charge in [-0.2, -0.15) is 0 Å². The first-order valence-corrected chi connectivity index (χ1v) is 9.61. The molecule has 122 valence electrons. The van der Waals surface area contributed by atoms with Gasteiger partial charge in [0.05, 0.1) is 11.5 Å². The van der Waals surface area contributed by atoms with Crippen LogP contribution in [-0.4, -0.2) is 36.6 Å². The van der Waals surface area contributed by atoms with Crippen LogP contribution in [0.2, 0.25) is 0 Å². The lowest BCUT2D eigenvalue weighted by molar-refractivity contribution is -0.157. The number of rotatable bonds is 4. The standard InChI is InChI=1S/C19H29NO2/c21-18(20-4-3-17(11-20)22-12-13-1-2-13)19-8-14-5-15(9-19)7-16(6-14)10-19/h13-17H,1-12H2. The van der Waals surface area contributed by atoms with Gasteiger partial charge in [-0.05, 0) is 81.5 Å². The highest BCUT2D eigenvalue weighted by Crippen LogP contribution is 2.60. The maximum Gasteiger partial charge on any atom is 0.228 e. The molecule has 6 rings (SSSR count). The van der Waals surface area contributed by atoms with Crippen LogP contribution in [0.15, 0.2) is 0 Å². The predicted molar refractivity (Wildman–Crippen MR) is 84.3 cm³/mol. The average Bonchev–Trinajstić information content (AvgIpc) is 3.20. The molecule has 3 heteroatoms. The summed E-state index contributed by atoms with van der Waals surface area (Å²) in [5.41, 5.74) is 0.0418. The molecule has 22 heavy (non-hydrogen) atoms. The maximum atomic E-state index is 13.3.